The number of benzene rings is 2. The first-order valence-corrected chi connectivity index (χ1v) is 8.14. The third kappa shape index (κ3) is 3.08. The number of para-hydroxylation sites is 1. The minimum atomic E-state index is -0.631. The normalized spacial score (nSPS) is 14.3. The molecule has 0 aliphatic carbocycles. The Morgan fingerprint density at radius 3 is 2.44 bits per heavy atom. The van der Waals surface area contributed by atoms with Crippen molar-refractivity contribution in [1.29, 1.82) is 0 Å². The monoisotopic (exact) mass is 376 g/mol. The van der Waals surface area contributed by atoms with Crippen LogP contribution in [0.3, 0.4) is 0 Å². The summed E-state index contributed by atoms with van der Waals surface area (Å²) in [5, 5.41) is 3.00. The van der Waals surface area contributed by atoms with E-state index in [2.05, 4.69) is 5.32 Å². The number of nitrogens with zero attached hydrogens (tertiary/aromatic N) is 1. The van der Waals surface area contributed by atoms with Crippen LogP contribution in [0.25, 0.3) is 0 Å². The maximum absolute atomic E-state index is 12.8. The average Bonchev–Trinajstić information content (AvgIpc) is 2.80. The molecule has 5 nitrogen and oxygen atoms in total. The molecule has 0 bridgehead atoms. The first-order chi connectivity index (χ1) is 11.9. The van der Waals surface area contributed by atoms with Crippen LogP contribution in [0.15, 0.2) is 53.2 Å². The number of amides is 2. The molecule has 3 rings (SSSR count). The Morgan fingerprint density at radius 1 is 1.04 bits per heavy atom. The number of hydrogen-bond donors (Lipinski definition) is 1. The zero-order valence-corrected chi connectivity index (χ0v) is 15.0. The summed E-state index contributed by atoms with van der Waals surface area (Å²) < 4.78 is 5.28. The van der Waals surface area contributed by atoms with Crippen molar-refractivity contribution in [1.82, 2.24) is 0 Å². The van der Waals surface area contributed by atoms with Gasteiger partial charge in [0.1, 0.15) is 16.5 Å². The Kier molecular flexibility index (Phi) is 4.70. The molecule has 0 fully saturated rings. The second-order valence-corrected chi connectivity index (χ2v) is 6.20. The summed E-state index contributed by atoms with van der Waals surface area (Å²) in [5.41, 5.74) is 1.76. The van der Waals surface area contributed by atoms with Crippen molar-refractivity contribution >= 4 is 46.4 Å². The van der Waals surface area contributed by atoms with Gasteiger partial charge in [-0.15, -0.1) is 0 Å². The quantitative estimate of drug-likeness (QED) is 0.816. The number of imide groups is 1. The molecule has 7 heteroatoms. The van der Waals surface area contributed by atoms with Gasteiger partial charge in [-0.05, 0) is 36.8 Å². The molecule has 2 aromatic rings. The number of nitrogens with one attached hydrogen (secondary N) is 1. The molecule has 1 aliphatic heterocycles. The van der Waals surface area contributed by atoms with E-state index in [1.807, 2.05) is 13.0 Å². The van der Waals surface area contributed by atoms with Crippen LogP contribution < -0.4 is 15.0 Å². The molecule has 0 unspecified atom stereocenters. The summed E-state index contributed by atoms with van der Waals surface area (Å²) in [6, 6.07) is 12.0. The van der Waals surface area contributed by atoms with Gasteiger partial charge in [0.25, 0.3) is 11.8 Å². The van der Waals surface area contributed by atoms with Crippen LogP contribution in [0, 0.1) is 6.92 Å². The van der Waals surface area contributed by atoms with Crippen molar-refractivity contribution in [3.05, 3.63) is 63.8 Å². The van der Waals surface area contributed by atoms with Crippen LogP contribution in [-0.2, 0) is 9.59 Å². The molecule has 2 aromatic carbocycles. The Labute approximate surface area is 154 Å². The van der Waals surface area contributed by atoms with Gasteiger partial charge in [0.2, 0.25) is 0 Å². The number of carbonyl (C=O) groups excluding carboxylic acids is 2. The number of hydrogen-bond acceptors (Lipinski definition) is 4. The Balaban J connectivity index is 1.98. The number of carbonyl (C=O) groups is 2. The van der Waals surface area contributed by atoms with Gasteiger partial charge < -0.3 is 10.1 Å². The minimum absolute atomic E-state index is 0.0181. The maximum atomic E-state index is 12.8. The van der Waals surface area contributed by atoms with Gasteiger partial charge in [0.05, 0.1) is 23.5 Å². The van der Waals surface area contributed by atoms with Crippen molar-refractivity contribution in [3.8, 4) is 5.75 Å². The molecule has 0 atom stereocenters. The molecule has 128 valence electrons. The summed E-state index contributed by atoms with van der Waals surface area (Å²) >= 11 is 12.2. The molecule has 0 radical (unpaired) electrons. The number of ether oxygens (including phenoxy) is 1. The second kappa shape index (κ2) is 6.78. The van der Waals surface area contributed by atoms with E-state index in [1.165, 1.54) is 7.11 Å². The van der Waals surface area contributed by atoms with Crippen molar-refractivity contribution < 1.29 is 14.3 Å². The molecule has 0 saturated heterocycles. The second-order valence-electron chi connectivity index (χ2n) is 5.41. The first-order valence-electron chi connectivity index (χ1n) is 7.38. The standard InChI is InChI=1S/C18H14Cl2N2O3/c1-10-7-8-14(25-2)12(9-10)21-16-15(20)17(23)22(18(16)24)13-6-4-3-5-11(13)19/h3-9,21H,1-2H3. The number of halogens is 2. The van der Waals surface area contributed by atoms with Crippen LogP contribution >= 0.6 is 23.2 Å². The topological polar surface area (TPSA) is 58.6 Å². The van der Waals surface area contributed by atoms with Gasteiger partial charge in [0.15, 0.2) is 0 Å². The predicted molar refractivity (Wildman–Crippen MR) is 98.2 cm³/mol. The Morgan fingerprint density at radius 2 is 1.76 bits per heavy atom. The fraction of sp³-hybridized carbons (Fsp3) is 0.111. The van der Waals surface area contributed by atoms with Crippen molar-refractivity contribution in [2.75, 3.05) is 17.3 Å². The Hall–Kier alpha value is -2.50. The van der Waals surface area contributed by atoms with E-state index in [-0.39, 0.29) is 21.4 Å². The lowest BCUT2D eigenvalue weighted by atomic mass is 10.2. The fourth-order valence-electron chi connectivity index (χ4n) is 2.52. The molecule has 0 saturated carbocycles. The largest absolute Gasteiger partial charge is 0.495 e. The van der Waals surface area contributed by atoms with Gasteiger partial charge in [-0.2, -0.15) is 0 Å². The number of anilines is 2. The third-order valence-electron chi connectivity index (χ3n) is 3.74. The van der Waals surface area contributed by atoms with E-state index in [0.29, 0.717) is 11.4 Å². The zero-order chi connectivity index (χ0) is 18.1. The summed E-state index contributed by atoms with van der Waals surface area (Å²) in [7, 11) is 1.52. The molecule has 1 heterocycles. The van der Waals surface area contributed by atoms with E-state index in [1.54, 1.807) is 36.4 Å². The summed E-state index contributed by atoms with van der Waals surface area (Å²) in [6.07, 6.45) is 0. The Bertz CT molecular complexity index is 909. The van der Waals surface area contributed by atoms with Crippen molar-refractivity contribution in [2.24, 2.45) is 0 Å². The number of rotatable bonds is 4. The van der Waals surface area contributed by atoms with Gasteiger partial charge in [-0.25, -0.2) is 4.90 Å². The lowest BCUT2D eigenvalue weighted by Gasteiger charge is -2.17. The highest BCUT2D eigenvalue weighted by Gasteiger charge is 2.40. The molecular weight excluding hydrogens is 363 g/mol. The third-order valence-corrected chi connectivity index (χ3v) is 4.41. The van der Waals surface area contributed by atoms with Crippen molar-refractivity contribution in [2.45, 2.75) is 6.92 Å². The fourth-order valence-corrected chi connectivity index (χ4v) is 2.95. The molecular formula is C18H14Cl2N2O3. The highest BCUT2D eigenvalue weighted by Crippen LogP contribution is 2.35. The van der Waals surface area contributed by atoms with Crippen LogP contribution in [0.1, 0.15) is 5.56 Å². The number of methoxy groups -OCH3 is 1. The van der Waals surface area contributed by atoms with E-state index in [0.717, 1.165) is 10.5 Å². The van der Waals surface area contributed by atoms with Crippen LogP contribution in [0.4, 0.5) is 11.4 Å². The van der Waals surface area contributed by atoms with Crippen LogP contribution in [-0.4, -0.2) is 18.9 Å². The van der Waals surface area contributed by atoms with E-state index >= 15 is 0 Å². The van der Waals surface area contributed by atoms with Gasteiger partial charge in [-0.1, -0.05) is 41.4 Å². The van der Waals surface area contributed by atoms with Gasteiger partial charge in [0, 0.05) is 0 Å². The SMILES string of the molecule is COc1ccc(C)cc1NC1=C(Cl)C(=O)N(c2ccccc2Cl)C1=O. The van der Waals surface area contributed by atoms with Gasteiger partial charge in [-0.3, -0.25) is 9.59 Å². The van der Waals surface area contributed by atoms with E-state index in [9.17, 15) is 9.59 Å². The molecule has 25 heavy (non-hydrogen) atoms. The highest BCUT2D eigenvalue weighted by molar-refractivity contribution is 6.53. The molecule has 0 spiro atoms. The summed E-state index contributed by atoms with van der Waals surface area (Å²) in [5.74, 6) is -0.681. The molecule has 0 aromatic heterocycles. The smallest absolute Gasteiger partial charge is 0.283 e. The lowest BCUT2D eigenvalue weighted by Crippen LogP contribution is -2.32. The highest BCUT2D eigenvalue weighted by atomic mass is 35.5. The number of aryl methyl sites for hydroxylation is 1. The van der Waals surface area contributed by atoms with Crippen LogP contribution in [0.5, 0.6) is 5.75 Å². The average molecular weight is 377 g/mol. The van der Waals surface area contributed by atoms with E-state index < -0.39 is 11.8 Å². The summed E-state index contributed by atoms with van der Waals surface area (Å²) in [6.45, 7) is 1.90. The lowest BCUT2D eigenvalue weighted by molar-refractivity contribution is -0.120. The summed E-state index contributed by atoms with van der Waals surface area (Å²) in [4.78, 5) is 26.2. The zero-order valence-electron chi connectivity index (χ0n) is 13.5. The molecule has 2 amide bonds. The predicted octanol–water partition coefficient (Wildman–Crippen LogP) is 4.09. The van der Waals surface area contributed by atoms with E-state index in [4.69, 9.17) is 27.9 Å². The van der Waals surface area contributed by atoms with Gasteiger partial charge >= 0.3 is 0 Å². The maximum Gasteiger partial charge on any atom is 0.283 e. The molecule has 1 N–H and O–H groups in total. The molecule has 1 aliphatic rings. The van der Waals surface area contributed by atoms with Crippen LogP contribution in [0.2, 0.25) is 5.02 Å². The first kappa shape index (κ1) is 17.3. The minimum Gasteiger partial charge on any atom is -0.495 e. The van der Waals surface area contributed by atoms with Crippen molar-refractivity contribution in [3.63, 3.8) is 0 Å².